The van der Waals surface area contributed by atoms with Crippen LogP contribution < -0.4 is 4.74 Å². The van der Waals surface area contributed by atoms with Gasteiger partial charge in [-0.05, 0) is 41.6 Å². The Morgan fingerprint density at radius 2 is 2.12 bits per heavy atom. The first-order valence-corrected chi connectivity index (χ1v) is 9.07. The highest BCUT2D eigenvalue weighted by atomic mass is 32.1. The van der Waals surface area contributed by atoms with Crippen molar-refractivity contribution in [3.63, 3.8) is 0 Å². The summed E-state index contributed by atoms with van der Waals surface area (Å²) in [5.41, 5.74) is 1.96. The number of hydrogen-bond acceptors (Lipinski definition) is 4. The van der Waals surface area contributed by atoms with Crippen LogP contribution in [0.3, 0.4) is 0 Å². The molecule has 0 atom stereocenters. The number of amides is 1. The standard InChI is InChI=1S/C20H21NO3S/c1-23-18-5-2-4-16(12-18)13-20(22)21(14-17-8-10-24-15-17)9-7-19-6-3-11-25-19/h2-6,8,10-12,15H,7,9,13-14H2,1H3. The van der Waals surface area contributed by atoms with Gasteiger partial charge in [-0.2, -0.15) is 0 Å². The molecule has 0 saturated heterocycles. The van der Waals surface area contributed by atoms with Gasteiger partial charge in [-0.25, -0.2) is 0 Å². The molecule has 0 unspecified atom stereocenters. The second kappa shape index (κ2) is 8.53. The summed E-state index contributed by atoms with van der Waals surface area (Å²) in [6.45, 7) is 1.25. The molecule has 0 aliphatic rings. The molecule has 130 valence electrons. The molecule has 0 fully saturated rings. The predicted molar refractivity (Wildman–Crippen MR) is 98.8 cm³/mol. The first-order chi connectivity index (χ1) is 12.2. The lowest BCUT2D eigenvalue weighted by Crippen LogP contribution is -2.33. The molecule has 4 nitrogen and oxygen atoms in total. The van der Waals surface area contributed by atoms with Crippen LogP contribution in [-0.4, -0.2) is 24.5 Å². The smallest absolute Gasteiger partial charge is 0.227 e. The van der Waals surface area contributed by atoms with E-state index in [1.54, 1.807) is 31.0 Å². The van der Waals surface area contributed by atoms with E-state index in [1.165, 1.54) is 4.88 Å². The van der Waals surface area contributed by atoms with E-state index < -0.39 is 0 Å². The van der Waals surface area contributed by atoms with Crippen LogP contribution in [0.2, 0.25) is 0 Å². The highest BCUT2D eigenvalue weighted by Crippen LogP contribution is 2.16. The van der Waals surface area contributed by atoms with Crippen molar-refractivity contribution in [1.29, 1.82) is 0 Å². The summed E-state index contributed by atoms with van der Waals surface area (Å²) in [5.74, 6) is 0.872. The van der Waals surface area contributed by atoms with Crippen molar-refractivity contribution in [2.75, 3.05) is 13.7 Å². The SMILES string of the molecule is COc1cccc(CC(=O)N(CCc2cccs2)Cc2ccoc2)c1. The molecular weight excluding hydrogens is 334 g/mol. The molecule has 0 saturated carbocycles. The van der Waals surface area contributed by atoms with Crippen molar-refractivity contribution in [2.45, 2.75) is 19.4 Å². The van der Waals surface area contributed by atoms with Gasteiger partial charge in [0.15, 0.2) is 0 Å². The second-order valence-corrected chi connectivity index (χ2v) is 6.84. The van der Waals surface area contributed by atoms with Gasteiger partial charge in [0.1, 0.15) is 5.75 Å². The molecule has 1 amide bonds. The maximum Gasteiger partial charge on any atom is 0.227 e. The van der Waals surface area contributed by atoms with E-state index in [9.17, 15) is 4.79 Å². The summed E-state index contributed by atoms with van der Waals surface area (Å²) < 4.78 is 10.4. The summed E-state index contributed by atoms with van der Waals surface area (Å²) in [4.78, 5) is 16.0. The Kier molecular flexibility index (Phi) is 5.90. The fraction of sp³-hybridized carbons (Fsp3) is 0.250. The average molecular weight is 355 g/mol. The first-order valence-electron chi connectivity index (χ1n) is 8.19. The third kappa shape index (κ3) is 4.97. The Balaban J connectivity index is 1.68. The number of nitrogens with zero attached hydrogens (tertiary/aromatic N) is 1. The summed E-state index contributed by atoms with van der Waals surface area (Å²) in [5, 5.41) is 2.06. The number of ether oxygens (including phenoxy) is 1. The fourth-order valence-electron chi connectivity index (χ4n) is 2.66. The van der Waals surface area contributed by atoms with Crippen molar-refractivity contribution < 1.29 is 13.9 Å². The number of rotatable bonds is 8. The molecule has 5 heteroatoms. The van der Waals surface area contributed by atoms with E-state index in [0.717, 1.165) is 23.3 Å². The molecule has 1 aromatic carbocycles. The van der Waals surface area contributed by atoms with Crippen LogP contribution >= 0.6 is 11.3 Å². The summed E-state index contributed by atoms with van der Waals surface area (Å²) in [6, 6.07) is 13.7. The number of benzene rings is 1. The molecule has 2 aromatic heterocycles. The highest BCUT2D eigenvalue weighted by Gasteiger charge is 2.16. The quantitative estimate of drug-likeness (QED) is 0.609. The Bertz CT molecular complexity index is 781. The molecular formula is C20H21NO3S. The van der Waals surface area contributed by atoms with Gasteiger partial charge in [-0.3, -0.25) is 4.79 Å². The first kappa shape index (κ1) is 17.3. The lowest BCUT2D eigenvalue weighted by molar-refractivity contribution is -0.131. The van der Waals surface area contributed by atoms with Gasteiger partial charge < -0.3 is 14.1 Å². The topological polar surface area (TPSA) is 42.7 Å². The van der Waals surface area contributed by atoms with Crippen molar-refractivity contribution in [1.82, 2.24) is 4.90 Å². The number of methoxy groups -OCH3 is 1. The zero-order valence-corrected chi connectivity index (χ0v) is 15.0. The maximum atomic E-state index is 12.9. The van der Waals surface area contributed by atoms with Crippen LogP contribution in [0.15, 0.2) is 64.8 Å². The molecule has 0 N–H and O–H groups in total. The van der Waals surface area contributed by atoms with Gasteiger partial charge in [-0.15, -0.1) is 11.3 Å². The molecule has 0 aliphatic heterocycles. The Hall–Kier alpha value is -2.53. The summed E-state index contributed by atoms with van der Waals surface area (Å²) in [6.07, 6.45) is 4.55. The molecule has 3 aromatic rings. The number of hydrogen-bond donors (Lipinski definition) is 0. The van der Waals surface area contributed by atoms with Gasteiger partial charge in [0.25, 0.3) is 0 Å². The highest BCUT2D eigenvalue weighted by molar-refractivity contribution is 7.09. The van der Waals surface area contributed by atoms with Gasteiger partial charge in [0, 0.05) is 23.5 Å². The van der Waals surface area contributed by atoms with Crippen LogP contribution in [-0.2, 0) is 24.2 Å². The monoisotopic (exact) mass is 355 g/mol. The van der Waals surface area contributed by atoms with Crippen LogP contribution in [0.5, 0.6) is 5.75 Å². The fourth-order valence-corrected chi connectivity index (χ4v) is 3.36. The minimum Gasteiger partial charge on any atom is -0.497 e. The van der Waals surface area contributed by atoms with Gasteiger partial charge in [0.2, 0.25) is 5.91 Å². The minimum absolute atomic E-state index is 0.103. The number of furan rings is 1. The van der Waals surface area contributed by atoms with E-state index in [-0.39, 0.29) is 5.91 Å². The van der Waals surface area contributed by atoms with E-state index in [4.69, 9.17) is 9.15 Å². The number of thiophene rings is 1. The van der Waals surface area contributed by atoms with E-state index in [0.29, 0.717) is 19.5 Å². The Morgan fingerprint density at radius 1 is 1.20 bits per heavy atom. The van der Waals surface area contributed by atoms with Crippen molar-refractivity contribution >= 4 is 17.2 Å². The third-order valence-electron chi connectivity index (χ3n) is 4.00. The lowest BCUT2D eigenvalue weighted by Gasteiger charge is -2.22. The largest absolute Gasteiger partial charge is 0.497 e. The Morgan fingerprint density at radius 3 is 2.84 bits per heavy atom. The van der Waals surface area contributed by atoms with Crippen LogP contribution in [0.4, 0.5) is 0 Å². The minimum atomic E-state index is 0.103. The van der Waals surface area contributed by atoms with Crippen molar-refractivity contribution in [3.8, 4) is 5.75 Å². The molecule has 25 heavy (non-hydrogen) atoms. The van der Waals surface area contributed by atoms with E-state index in [1.807, 2.05) is 41.3 Å². The van der Waals surface area contributed by atoms with Gasteiger partial charge in [0.05, 0.1) is 26.1 Å². The van der Waals surface area contributed by atoms with Crippen molar-refractivity contribution in [3.05, 3.63) is 76.4 Å². The number of carbonyl (C=O) groups is 1. The average Bonchev–Trinajstić information content (AvgIpc) is 3.32. The summed E-state index contributed by atoms with van der Waals surface area (Å²) in [7, 11) is 1.63. The summed E-state index contributed by atoms with van der Waals surface area (Å²) >= 11 is 1.72. The molecule has 0 aliphatic carbocycles. The zero-order chi connectivity index (χ0) is 17.5. The van der Waals surface area contributed by atoms with Crippen molar-refractivity contribution in [2.24, 2.45) is 0 Å². The zero-order valence-electron chi connectivity index (χ0n) is 14.2. The molecule has 2 heterocycles. The Labute approximate surface area is 151 Å². The lowest BCUT2D eigenvalue weighted by atomic mass is 10.1. The molecule has 0 bridgehead atoms. The second-order valence-electron chi connectivity index (χ2n) is 5.80. The normalized spacial score (nSPS) is 10.6. The van der Waals surface area contributed by atoms with Crippen LogP contribution in [0, 0.1) is 0 Å². The molecule has 0 radical (unpaired) electrons. The predicted octanol–water partition coefficient (Wildman–Crippen LogP) is 4.16. The van der Waals surface area contributed by atoms with E-state index >= 15 is 0 Å². The van der Waals surface area contributed by atoms with Gasteiger partial charge >= 0.3 is 0 Å². The third-order valence-corrected chi connectivity index (χ3v) is 4.94. The molecule has 3 rings (SSSR count). The molecule has 0 spiro atoms. The van der Waals surface area contributed by atoms with Gasteiger partial charge in [-0.1, -0.05) is 18.2 Å². The maximum absolute atomic E-state index is 12.9. The van der Waals surface area contributed by atoms with E-state index in [2.05, 4.69) is 11.4 Å². The van der Waals surface area contributed by atoms with Crippen LogP contribution in [0.25, 0.3) is 0 Å². The number of carbonyl (C=O) groups excluding carboxylic acids is 1. The van der Waals surface area contributed by atoms with Crippen LogP contribution in [0.1, 0.15) is 16.0 Å².